The van der Waals surface area contributed by atoms with E-state index < -0.39 is 0 Å². The monoisotopic (exact) mass is 314 g/mol. The molecule has 3 atom stereocenters. The van der Waals surface area contributed by atoms with E-state index in [4.69, 9.17) is 0 Å². The lowest BCUT2D eigenvalue weighted by atomic mass is 9.86. The van der Waals surface area contributed by atoms with Crippen molar-refractivity contribution in [2.24, 2.45) is 11.3 Å². The molecule has 1 heterocycles. The Morgan fingerprint density at radius 3 is 2.43 bits per heavy atom. The Hall–Kier alpha value is -0.733. The van der Waals surface area contributed by atoms with Crippen molar-refractivity contribution in [3.63, 3.8) is 0 Å². The molecule has 0 saturated heterocycles. The SMILES string of the molecule is CC1C(C2C=CC(C(C)(C)C)=C2)=C2C=CC=C2S1=[Si](C)C. The van der Waals surface area contributed by atoms with Gasteiger partial charge in [0.05, 0.1) is 0 Å². The lowest BCUT2D eigenvalue weighted by molar-refractivity contribution is 0.517. The van der Waals surface area contributed by atoms with E-state index in [-0.39, 0.29) is 12.9 Å². The van der Waals surface area contributed by atoms with Crippen molar-refractivity contribution in [1.29, 1.82) is 0 Å². The summed E-state index contributed by atoms with van der Waals surface area (Å²) in [6.45, 7) is 14.4. The lowest BCUT2D eigenvalue weighted by Gasteiger charge is -2.20. The Morgan fingerprint density at radius 2 is 1.86 bits per heavy atom. The first-order valence-electron chi connectivity index (χ1n) is 7.87. The summed E-state index contributed by atoms with van der Waals surface area (Å²) < 4.78 is 0. The number of fused-ring (bicyclic) bond motifs is 1. The van der Waals surface area contributed by atoms with Gasteiger partial charge in [0, 0.05) is 23.6 Å². The summed E-state index contributed by atoms with van der Waals surface area (Å²) in [5, 5.41) is 0.727. The number of hydrogen-bond donors (Lipinski definition) is 0. The van der Waals surface area contributed by atoms with Crippen LogP contribution in [0.1, 0.15) is 27.7 Å². The predicted octanol–water partition coefficient (Wildman–Crippen LogP) is 5.82. The van der Waals surface area contributed by atoms with E-state index in [1.807, 2.05) is 0 Å². The largest absolute Gasteiger partial charge is 0.175 e. The Bertz CT molecular complexity index is 671. The second-order valence-corrected chi connectivity index (χ2v) is 14.8. The van der Waals surface area contributed by atoms with Crippen molar-refractivity contribution < 1.29 is 0 Å². The van der Waals surface area contributed by atoms with Crippen LogP contribution >= 0.6 is 9.89 Å². The average Bonchev–Trinajstić information content (AvgIpc) is 3.01. The van der Waals surface area contributed by atoms with E-state index in [9.17, 15) is 0 Å². The minimum atomic E-state index is -0.283. The zero-order valence-electron chi connectivity index (χ0n) is 14.0. The van der Waals surface area contributed by atoms with Gasteiger partial charge in [-0.1, -0.05) is 71.2 Å². The molecule has 0 N–H and O–H groups in total. The van der Waals surface area contributed by atoms with E-state index in [1.54, 1.807) is 16.1 Å². The highest BCUT2D eigenvalue weighted by molar-refractivity contribution is 8.25. The van der Waals surface area contributed by atoms with Crippen molar-refractivity contribution in [3.05, 3.63) is 58.1 Å². The first-order valence-corrected chi connectivity index (χ1v) is 12.4. The van der Waals surface area contributed by atoms with Gasteiger partial charge < -0.3 is 0 Å². The van der Waals surface area contributed by atoms with Gasteiger partial charge in [0.1, 0.15) is 0 Å². The van der Waals surface area contributed by atoms with Gasteiger partial charge in [-0.3, -0.25) is 0 Å². The van der Waals surface area contributed by atoms with Gasteiger partial charge in [-0.05, 0) is 28.2 Å². The molecule has 0 aromatic heterocycles. The van der Waals surface area contributed by atoms with Gasteiger partial charge in [-0.15, -0.1) is 0 Å². The molecule has 0 aromatic carbocycles. The quantitative estimate of drug-likeness (QED) is 0.535. The third-order valence-corrected chi connectivity index (χ3v) is 11.7. The summed E-state index contributed by atoms with van der Waals surface area (Å²) in [7, 11) is 0.192. The van der Waals surface area contributed by atoms with Crippen LogP contribution in [0.15, 0.2) is 58.1 Å². The summed E-state index contributed by atoms with van der Waals surface area (Å²) >= 11 is 0. The van der Waals surface area contributed by atoms with Gasteiger partial charge in [-0.25, -0.2) is 0 Å². The third kappa shape index (κ3) is 2.47. The first kappa shape index (κ1) is 15.2. The van der Waals surface area contributed by atoms with E-state index in [1.165, 1.54) is 5.57 Å². The summed E-state index contributed by atoms with van der Waals surface area (Å²) in [5.74, 6) is 0.522. The highest BCUT2D eigenvalue weighted by Gasteiger charge is 2.35. The molecule has 0 spiro atoms. The minimum Gasteiger partial charge on any atom is -0.175 e. The molecule has 2 heteroatoms. The number of allylic oxidation sites excluding steroid dienone is 8. The highest BCUT2D eigenvalue weighted by atomic mass is 32.3. The van der Waals surface area contributed by atoms with Crippen molar-refractivity contribution in [3.8, 4) is 0 Å². The topological polar surface area (TPSA) is 0 Å². The number of rotatable bonds is 1. The van der Waals surface area contributed by atoms with Gasteiger partial charge in [0.2, 0.25) is 0 Å². The third-order valence-electron chi connectivity index (χ3n) is 4.62. The maximum Gasteiger partial charge on any atom is 0.0424 e. The van der Waals surface area contributed by atoms with Crippen LogP contribution in [0, 0.1) is 11.3 Å². The van der Waals surface area contributed by atoms with Crippen molar-refractivity contribution in [1.82, 2.24) is 0 Å². The van der Waals surface area contributed by atoms with Crippen molar-refractivity contribution >= 4 is 17.4 Å². The van der Waals surface area contributed by atoms with Crippen LogP contribution in [-0.4, -0.2) is 12.8 Å². The molecule has 0 saturated carbocycles. The molecule has 0 fully saturated rings. The maximum atomic E-state index is 2.51. The number of hydrogen-bond acceptors (Lipinski definition) is 0. The van der Waals surface area contributed by atoms with Gasteiger partial charge in [0.15, 0.2) is 0 Å². The molecule has 0 nitrogen and oxygen atoms in total. The minimum absolute atomic E-state index is 0.259. The molecule has 21 heavy (non-hydrogen) atoms. The van der Waals surface area contributed by atoms with Crippen LogP contribution in [0.5, 0.6) is 0 Å². The Morgan fingerprint density at radius 1 is 1.14 bits per heavy atom. The van der Waals surface area contributed by atoms with Crippen LogP contribution in [0.4, 0.5) is 0 Å². The molecule has 0 radical (unpaired) electrons. The lowest BCUT2D eigenvalue weighted by Crippen LogP contribution is -2.10. The molecular weight excluding hydrogens is 288 g/mol. The van der Waals surface area contributed by atoms with Crippen molar-refractivity contribution in [2.75, 3.05) is 0 Å². The predicted molar refractivity (Wildman–Crippen MR) is 99.0 cm³/mol. The smallest absolute Gasteiger partial charge is 0.0424 e. The molecule has 3 rings (SSSR count). The zero-order chi connectivity index (χ0) is 15.4. The fourth-order valence-corrected chi connectivity index (χ4v) is 10.7. The molecule has 3 aliphatic rings. The Kier molecular flexibility index (Phi) is 3.73. The second kappa shape index (κ2) is 5.17. The normalized spacial score (nSPS) is 30.9. The molecule has 112 valence electrons. The molecule has 0 bridgehead atoms. The highest BCUT2D eigenvalue weighted by Crippen LogP contribution is 2.54. The standard InChI is InChI=1S/C19H26SSi/c1-13-18(14-10-11-15(12-14)19(2,3)4)16-8-7-9-17(16)20(13)21(5)6/h7-14H,1-6H3. The van der Waals surface area contributed by atoms with Crippen LogP contribution < -0.4 is 0 Å². The van der Waals surface area contributed by atoms with Gasteiger partial charge >= 0.3 is 0 Å². The van der Waals surface area contributed by atoms with Crippen LogP contribution in [0.3, 0.4) is 0 Å². The van der Waals surface area contributed by atoms with E-state index in [0.29, 0.717) is 15.8 Å². The second-order valence-electron chi connectivity index (χ2n) is 7.40. The molecule has 0 amide bonds. The van der Waals surface area contributed by atoms with Crippen LogP contribution in [0.25, 0.3) is 0 Å². The molecule has 1 aliphatic heterocycles. The average molecular weight is 315 g/mol. The van der Waals surface area contributed by atoms with E-state index in [2.05, 4.69) is 77.2 Å². The summed E-state index contributed by atoms with van der Waals surface area (Å²) in [6.07, 6.45) is 14.3. The Labute approximate surface area is 133 Å². The van der Waals surface area contributed by atoms with Crippen LogP contribution in [0.2, 0.25) is 13.1 Å². The summed E-state index contributed by atoms with van der Waals surface area (Å²) in [4.78, 5) is 1.65. The molecule has 3 unspecified atom stereocenters. The Balaban J connectivity index is 2.05. The van der Waals surface area contributed by atoms with Gasteiger partial charge in [-0.2, -0.15) is 9.89 Å². The fraction of sp³-hybridized carbons (Fsp3) is 0.474. The fourth-order valence-electron chi connectivity index (χ4n) is 3.60. The van der Waals surface area contributed by atoms with Crippen LogP contribution in [-0.2, 0) is 0 Å². The van der Waals surface area contributed by atoms with E-state index in [0.717, 1.165) is 5.25 Å². The van der Waals surface area contributed by atoms with E-state index >= 15 is 0 Å². The van der Waals surface area contributed by atoms with Gasteiger partial charge in [0.25, 0.3) is 0 Å². The molecule has 2 aliphatic carbocycles. The van der Waals surface area contributed by atoms with Crippen molar-refractivity contribution in [2.45, 2.75) is 46.0 Å². The first-order chi connectivity index (χ1) is 9.80. The molecular formula is C19H26SSi. The maximum absolute atomic E-state index is 2.51. The zero-order valence-corrected chi connectivity index (χ0v) is 15.8. The summed E-state index contributed by atoms with van der Waals surface area (Å²) in [6, 6.07) is 0. The molecule has 0 aromatic rings. The summed E-state index contributed by atoms with van der Waals surface area (Å²) in [5.41, 5.74) is 5.00.